The number of nitrogens with one attached hydrogen (secondary N) is 2. The third kappa shape index (κ3) is 9.77. The van der Waals surface area contributed by atoms with Crippen LogP contribution in [0.3, 0.4) is 0 Å². The van der Waals surface area contributed by atoms with E-state index in [0.717, 1.165) is 58.7 Å². The highest BCUT2D eigenvalue weighted by Gasteiger charge is 2.40. The summed E-state index contributed by atoms with van der Waals surface area (Å²) in [5.74, 6) is 9.03. The minimum atomic E-state index is -0.814. The van der Waals surface area contributed by atoms with Gasteiger partial charge in [-0.05, 0) is 58.9 Å². The fourth-order valence-corrected chi connectivity index (χ4v) is 8.98. The van der Waals surface area contributed by atoms with Gasteiger partial charge in [0.15, 0.2) is 17.3 Å². The third-order valence-electron chi connectivity index (χ3n) is 12.4. The number of phenols is 1. The van der Waals surface area contributed by atoms with Crippen LogP contribution in [0, 0.1) is 11.8 Å². The number of phenolic OH excluding ortho intramolecular Hbond substituents is 1. The van der Waals surface area contributed by atoms with Gasteiger partial charge in [0.2, 0.25) is 5.75 Å². The summed E-state index contributed by atoms with van der Waals surface area (Å²) in [5.41, 5.74) is 8.18. The number of rotatable bonds is 14. The van der Waals surface area contributed by atoms with E-state index in [-0.39, 0.29) is 60.7 Å². The van der Waals surface area contributed by atoms with Crippen molar-refractivity contribution in [2.45, 2.75) is 63.2 Å². The van der Waals surface area contributed by atoms with Crippen molar-refractivity contribution in [2.24, 2.45) is 0 Å². The number of nitrogens with zero attached hydrogens (tertiary/aromatic N) is 1. The number of aromatic hydroxyl groups is 1. The molecule has 1 aromatic heterocycles. The van der Waals surface area contributed by atoms with Crippen molar-refractivity contribution in [3.8, 4) is 51.7 Å². The zero-order chi connectivity index (χ0) is 44.7. The molecule has 6 aromatic rings. The Bertz CT molecular complexity index is 2700. The summed E-state index contributed by atoms with van der Waals surface area (Å²) >= 11 is 0. The normalized spacial score (nSPS) is 18.2. The topological polar surface area (TPSA) is 126 Å². The minimum Gasteiger partial charge on any atom is -0.508 e. The standard InChI is InChI=1S/C55H55N3O7/c1-3-42-33-46-40-16-10-15-38(31-40)32-41(18-21-43-35-58(28-27-56-43)55(46)57-42)49-51-50(47(61)34-48(65-51)39-19-23-44(59)24-20-39)53(64-30-26-45(60)22-17-36-11-6-4-7-12-36)54(62-2)52(49)63-29-25-37-13-8-5-9-14-37/h4-17,19-20,22-24,31,33,41,43,45,48,56-57,59-60H,3,25-30,32,34-35H2,1-2H3. The number of aliphatic hydroxyl groups is 1. The lowest BCUT2D eigenvalue weighted by Gasteiger charge is -2.34. The molecule has 0 saturated carbocycles. The van der Waals surface area contributed by atoms with Crippen LogP contribution >= 0.6 is 0 Å². The summed E-state index contributed by atoms with van der Waals surface area (Å²) < 4.78 is 26.8. The molecule has 0 amide bonds. The van der Waals surface area contributed by atoms with Gasteiger partial charge in [-0.1, -0.05) is 128 Å². The Morgan fingerprint density at radius 2 is 1.68 bits per heavy atom. The smallest absolute Gasteiger partial charge is 0.204 e. The Kier molecular flexibility index (Phi) is 13.2. The molecule has 1 fully saturated rings. The number of ketones is 1. The molecular weight excluding hydrogens is 815 g/mol. The van der Waals surface area contributed by atoms with Gasteiger partial charge in [-0.2, -0.15) is 0 Å². The number of hydrogen-bond donors (Lipinski definition) is 4. The van der Waals surface area contributed by atoms with Gasteiger partial charge in [0, 0.05) is 43.7 Å². The number of fused-ring (bicyclic) bond motifs is 8. The summed E-state index contributed by atoms with van der Waals surface area (Å²) in [7, 11) is 1.56. The number of ether oxygens (including phenoxy) is 4. The van der Waals surface area contributed by atoms with Crippen molar-refractivity contribution in [3.63, 3.8) is 0 Å². The molecule has 3 aliphatic rings. The largest absolute Gasteiger partial charge is 0.508 e. The van der Waals surface area contributed by atoms with Crippen LogP contribution in [0.25, 0.3) is 17.2 Å². The Balaban J connectivity index is 1.19. The number of aliphatic hydroxyl groups excluding tert-OH is 1. The second-order valence-electron chi connectivity index (χ2n) is 16.8. The summed E-state index contributed by atoms with van der Waals surface area (Å²) in [4.78, 5) is 20.9. The second kappa shape index (κ2) is 19.9. The molecule has 4 N–H and O–H groups in total. The predicted octanol–water partition coefficient (Wildman–Crippen LogP) is 9.25. The quantitative estimate of drug-likeness (QED) is 0.0794. The van der Waals surface area contributed by atoms with Crippen molar-refractivity contribution < 1.29 is 34.0 Å². The monoisotopic (exact) mass is 869 g/mol. The van der Waals surface area contributed by atoms with E-state index in [0.29, 0.717) is 36.4 Å². The number of benzene rings is 5. The zero-order valence-electron chi connectivity index (χ0n) is 36.9. The number of aromatic nitrogens is 1. The van der Waals surface area contributed by atoms with Gasteiger partial charge >= 0.3 is 0 Å². The molecule has 0 aliphatic carbocycles. The number of aromatic amines is 1. The van der Waals surface area contributed by atoms with Gasteiger partial charge < -0.3 is 44.4 Å². The Morgan fingerprint density at radius 3 is 2.46 bits per heavy atom. The summed E-state index contributed by atoms with van der Waals surface area (Å²) in [6, 6.07) is 37.4. The van der Waals surface area contributed by atoms with Gasteiger partial charge in [-0.15, -0.1) is 0 Å². The first kappa shape index (κ1) is 43.3. The highest BCUT2D eigenvalue weighted by atomic mass is 16.5. The fraction of sp³-hybridized carbons (Fsp3) is 0.291. The lowest BCUT2D eigenvalue weighted by atomic mass is 9.85. The molecule has 0 spiro atoms. The van der Waals surface area contributed by atoms with Crippen LogP contribution in [-0.2, 0) is 19.3 Å². The first-order chi connectivity index (χ1) is 31.8. The highest BCUT2D eigenvalue weighted by Crippen LogP contribution is 2.55. The van der Waals surface area contributed by atoms with E-state index in [4.69, 9.17) is 18.9 Å². The molecule has 65 heavy (non-hydrogen) atoms. The van der Waals surface area contributed by atoms with Crippen LogP contribution in [0.5, 0.6) is 28.7 Å². The average Bonchev–Trinajstić information content (AvgIpc) is 3.78. The first-order valence-corrected chi connectivity index (χ1v) is 22.6. The van der Waals surface area contributed by atoms with Crippen molar-refractivity contribution in [1.29, 1.82) is 0 Å². The molecular formula is C55H55N3O7. The third-order valence-corrected chi connectivity index (χ3v) is 12.4. The maximum atomic E-state index is 14.8. The molecule has 9 rings (SSSR count). The SMILES string of the molecule is CCc1cc2c([nH]1)N1CCNC(C#CC(c3c(OCCc4ccccc4)c(OC)c(OCCC(O)C=Cc4ccccc4)c4c3OC(c3ccc(O)cc3)CC4=O)Cc3cccc-2c3)C1. The van der Waals surface area contributed by atoms with Gasteiger partial charge in [0.1, 0.15) is 29.0 Å². The lowest BCUT2D eigenvalue weighted by Crippen LogP contribution is -2.50. The van der Waals surface area contributed by atoms with Gasteiger partial charge in [0.25, 0.3) is 0 Å². The Morgan fingerprint density at radius 1 is 0.892 bits per heavy atom. The van der Waals surface area contributed by atoms with E-state index < -0.39 is 18.1 Å². The van der Waals surface area contributed by atoms with Crippen LogP contribution in [0.1, 0.15) is 75.7 Å². The van der Waals surface area contributed by atoms with E-state index >= 15 is 0 Å². The molecule has 0 radical (unpaired) electrons. The highest BCUT2D eigenvalue weighted by molar-refractivity contribution is 6.05. The molecule has 332 valence electrons. The molecule has 5 aromatic carbocycles. The maximum Gasteiger partial charge on any atom is 0.204 e. The average molecular weight is 870 g/mol. The number of methoxy groups -OCH3 is 1. The predicted molar refractivity (Wildman–Crippen MR) is 254 cm³/mol. The second-order valence-corrected chi connectivity index (χ2v) is 16.8. The van der Waals surface area contributed by atoms with Gasteiger partial charge in [0.05, 0.1) is 50.4 Å². The fourth-order valence-electron chi connectivity index (χ4n) is 8.98. The molecule has 10 nitrogen and oxygen atoms in total. The number of Topliss-reactive ketones (excluding diaryl/α,β-unsaturated/α-hetero) is 1. The Hall–Kier alpha value is -6.93. The van der Waals surface area contributed by atoms with Crippen molar-refractivity contribution in [2.75, 3.05) is 44.9 Å². The van der Waals surface area contributed by atoms with Gasteiger partial charge in [-0.3, -0.25) is 4.79 Å². The number of hydrogen-bond acceptors (Lipinski definition) is 9. The number of carbonyl (C=O) groups excluding carboxylic acids is 1. The molecule has 3 aliphatic heterocycles. The Labute approximate surface area is 380 Å². The van der Waals surface area contributed by atoms with Crippen LogP contribution in [0.15, 0.2) is 121 Å². The van der Waals surface area contributed by atoms with E-state index in [1.807, 2.05) is 54.6 Å². The summed E-state index contributed by atoms with van der Waals surface area (Å²) in [6.45, 7) is 4.79. The molecule has 4 unspecified atom stereocenters. The minimum absolute atomic E-state index is 0.0202. The van der Waals surface area contributed by atoms with E-state index in [9.17, 15) is 15.0 Å². The van der Waals surface area contributed by atoms with Crippen molar-refractivity contribution >= 4 is 17.7 Å². The van der Waals surface area contributed by atoms with E-state index in [1.54, 1.807) is 37.5 Å². The number of H-pyrrole nitrogens is 1. The van der Waals surface area contributed by atoms with Crippen molar-refractivity contribution in [1.82, 2.24) is 10.3 Å². The maximum absolute atomic E-state index is 14.8. The number of piperazine rings is 1. The molecule has 1 saturated heterocycles. The van der Waals surface area contributed by atoms with E-state index in [1.165, 1.54) is 5.69 Å². The van der Waals surface area contributed by atoms with Gasteiger partial charge in [-0.25, -0.2) is 0 Å². The molecule has 4 heterocycles. The molecule has 10 heteroatoms. The van der Waals surface area contributed by atoms with Crippen molar-refractivity contribution in [3.05, 3.63) is 160 Å². The van der Waals surface area contributed by atoms with Crippen LogP contribution in [0.4, 0.5) is 5.82 Å². The van der Waals surface area contributed by atoms with Crippen LogP contribution < -0.4 is 29.2 Å². The molecule has 4 atom stereocenters. The van der Waals surface area contributed by atoms with Crippen LogP contribution in [-0.4, -0.2) is 73.1 Å². The van der Waals surface area contributed by atoms with Crippen LogP contribution in [0.2, 0.25) is 0 Å². The lowest BCUT2D eigenvalue weighted by molar-refractivity contribution is 0.0835. The van der Waals surface area contributed by atoms with E-state index in [2.05, 4.69) is 76.4 Å². The number of carbonyl (C=O) groups is 1. The molecule has 4 bridgehead atoms. The summed E-state index contributed by atoms with van der Waals surface area (Å²) in [5, 5.41) is 24.9. The number of aryl methyl sites for hydroxylation is 1. The number of anilines is 1. The summed E-state index contributed by atoms with van der Waals surface area (Å²) in [6.07, 6.45) is 4.36. The first-order valence-electron chi connectivity index (χ1n) is 22.6. The zero-order valence-corrected chi connectivity index (χ0v) is 36.9.